The van der Waals surface area contributed by atoms with Crippen LogP contribution < -0.4 is 0 Å². The summed E-state index contributed by atoms with van der Waals surface area (Å²) >= 11 is 0. The standard InChI is InChI=1S/C51H54N6O4/c1-48(2,3)34-21-13-30(14-22-34)40(58)44-52-38(53-45(56-44)41(59)31-15-23-35(24-16-31)49(4,5)6)29-39-54-46(42(60)32-17-25-36(26-18-32)50(7,8)9)57-47(55-39)43(61)33-19-27-37(28-20-33)51(10,11)12/h13-28H,29H2,1-12H3. The Morgan fingerprint density at radius 2 is 0.492 bits per heavy atom. The largest absolute Gasteiger partial charge is 0.285 e. The van der Waals surface area contributed by atoms with Gasteiger partial charge in [0.15, 0.2) is 0 Å². The van der Waals surface area contributed by atoms with Gasteiger partial charge in [0, 0.05) is 22.3 Å². The molecule has 4 aromatic carbocycles. The molecular weight excluding hydrogens is 761 g/mol. The van der Waals surface area contributed by atoms with Crippen LogP contribution in [0.5, 0.6) is 0 Å². The van der Waals surface area contributed by atoms with E-state index in [4.69, 9.17) is 0 Å². The molecule has 0 aliphatic rings. The molecule has 0 unspecified atom stereocenters. The molecule has 0 saturated heterocycles. The van der Waals surface area contributed by atoms with Crippen LogP contribution in [-0.4, -0.2) is 53.0 Å². The SMILES string of the molecule is CC(C)(C)c1ccc(C(=O)c2nc(Cc3nc(C(=O)c4ccc(C(C)(C)C)cc4)nc(C(=O)c4ccc(C(C)(C)C)cc4)n3)nc(C(=O)c3ccc(C(C)(C)C)cc3)n2)cc1. The number of rotatable bonds is 10. The van der Waals surface area contributed by atoms with Gasteiger partial charge in [-0.1, -0.05) is 180 Å². The van der Waals surface area contributed by atoms with Crippen molar-refractivity contribution in [1.82, 2.24) is 29.9 Å². The van der Waals surface area contributed by atoms with Crippen LogP contribution in [0.4, 0.5) is 0 Å². The molecule has 0 aliphatic heterocycles. The summed E-state index contributed by atoms with van der Waals surface area (Å²) in [4.78, 5) is 83.2. The van der Waals surface area contributed by atoms with Crippen LogP contribution in [0.25, 0.3) is 0 Å². The number of carbonyl (C=O) groups excluding carboxylic acids is 4. The van der Waals surface area contributed by atoms with Crippen molar-refractivity contribution in [3.8, 4) is 0 Å². The van der Waals surface area contributed by atoms with Crippen molar-refractivity contribution < 1.29 is 19.2 Å². The van der Waals surface area contributed by atoms with Crippen LogP contribution >= 0.6 is 0 Å². The Hall–Kier alpha value is -6.42. The first-order chi connectivity index (χ1) is 28.4. The van der Waals surface area contributed by atoms with Crippen LogP contribution in [-0.2, 0) is 28.1 Å². The number of aromatic nitrogens is 6. The highest BCUT2D eigenvalue weighted by Gasteiger charge is 2.26. The third kappa shape index (κ3) is 10.3. The summed E-state index contributed by atoms with van der Waals surface area (Å²) < 4.78 is 0. The lowest BCUT2D eigenvalue weighted by Gasteiger charge is -2.19. The van der Waals surface area contributed by atoms with E-state index in [1.54, 1.807) is 48.5 Å². The fourth-order valence-electron chi connectivity index (χ4n) is 6.55. The maximum absolute atomic E-state index is 14.1. The Kier molecular flexibility index (Phi) is 12.0. The van der Waals surface area contributed by atoms with Crippen LogP contribution in [0.2, 0.25) is 0 Å². The minimum Gasteiger partial charge on any atom is -0.285 e. The highest BCUT2D eigenvalue weighted by atomic mass is 16.1. The minimum atomic E-state index is -0.513. The summed E-state index contributed by atoms with van der Waals surface area (Å²) in [7, 11) is 0. The van der Waals surface area contributed by atoms with Crippen molar-refractivity contribution in [2.24, 2.45) is 0 Å². The molecule has 0 radical (unpaired) electrons. The normalized spacial score (nSPS) is 12.3. The summed E-state index contributed by atoms with van der Waals surface area (Å²) in [6.45, 7) is 25.0. The second-order valence-electron chi connectivity index (χ2n) is 19.6. The van der Waals surface area contributed by atoms with Crippen LogP contribution in [0.3, 0.4) is 0 Å². The van der Waals surface area contributed by atoms with Gasteiger partial charge in [-0.15, -0.1) is 0 Å². The molecule has 0 aliphatic carbocycles. The molecule has 2 heterocycles. The van der Waals surface area contributed by atoms with Gasteiger partial charge in [0.25, 0.3) is 0 Å². The lowest BCUT2D eigenvalue weighted by molar-refractivity contribution is 0.100. The molecule has 0 bridgehead atoms. The lowest BCUT2D eigenvalue weighted by Crippen LogP contribution is -2.20. The van der Waals surface area contributed by atoms with Crippen LogP contribution in [0, 0.1) is 0 Å². The topological polar surface area (TPSA) is 146 Å². The molecule has 0 amide bonds. The van der Waals surface area contributed by atoms with E-state index in [-0.39, 0.29) is 63.0 Å². The van der Waals surface area contributed by atoms with Crippen molar-refractivity contribution in [3.05, 3.63) is 177 Å². The van der Waals surface area contributed by atoms with Crippen molar-refractivity contribution in [1.29, 1.82) is 0 Å². The maximum Gasteiger partial charge on any atom is 0.230 e. The molecule has 10 nitrogen and oxygen atoms in total. The molecule has 10 heteroatoms. The number of benzene rings is 4. The maximum atomic E-state index is 14.1. The lowest BCUT2D eigenvalue weighted by atomic mass is 9.86. The molecule has 0 spiro atoms. The molecule has 312 valence electrons. The van der Waals surface area contributed by atoms with E-state index in [0.717, 1.165) is 22.3 Å². The highest BCUT2D eigenvalue weighted by molar-refractivity contribution is 6.10. The van der Waals surface area contributed by atoms with E-state index in [0.29, 0.717) is 22.3 Å². The van der Waals surface area contributed by atoms with Gasteiger partial charge in [0.2, 0.25) is 46.4 Å². The molecule has 0 N–H and O–H groups in total. The van der Waals surface area contributed by atoms with E-state index in [1.165, 1.54) is 0 Å². The summed E-state index contributed by atoms with van der Waals surface area (Å²) in [5.41, 5.74) is 4.91. The molecule has 6 aromatic rings. The average molecular weight is 815 g/mol. The van der Waals surface area contributed by atoms with Gasteiger partial charge in [0.1, 0.15) is 11.6 Å². The first-order valence-electron chi connectivity index (χ1n) is 20.5. The Morgan fingerprint density at radius 3 is 0.656 bits per heavy atom. The second kappa shape index (κ2) is 16.6. The van der Waals surface area contributed by atoms with Gasteiger partial charge in [-0.25, -0.2) is 29.9 Å². The zero-order chi connectivity index (χ0) is 44.7. The first kappa shape index (κ1) is 44.1. The number of hydrogen-bond donors (Lipinski definition) is 0. The molecule has 0 saturated carbocycles. The molecule has 0 atom stereocenters. The van der Waals surface area contributed by atoms with Crippen LogP contribution in [0.15, 0.2) is 97.1 Å². The minimum absolute atomic E-state index is 0.00798. The number of ketones is 4. The van der Waals surface area contributed by atoms with Gasteiger partial charge in [-0.2, -0.15) is 0 Å². The second-order valence-corrected chi connectivity index (χ2v) is 19.6. The van der Waals surface area contributed by atoms with Crippen molar-refractivity contribution >= 4 is 23.1 Å². The van der Waals surface area contributed by atoms with Crippen molar-refractivity contribution in [2.75, 3.05) is 0 Å². The smallest absolute Gasteiger partial charge is 0.230 e. The quantitative estimate of drug-likeness (QED) is 0.123. The fraction of sp³-hybridized carbons (Fsp3) is 0.333. The van der Waals surface area contributed by atoms with Gasteiger partial charge in [-0.3, -0.25) is 19.2 Å². The van der Waals surface area contributed by atoms with E-state index in [9.17, 15) is 19.2 Å². The monoisotopic (exact) mass is 814 g/mol. The molecule has 6 rings (SSSR count). The Morgan fingerprint density at radius 1 is 0.311 bits per heavy atom. The number of nitrogens with zero attached hydrogens (tertiary/aromatic N) is 6. The van der Waals surface area contributed by atoms with E-state index >= 15 is 0 Å². The van der Waals surface area contributed by atoms with E-state index in [1.807, 2.05) is 48.5 Å². The van der Waals surface area contributed by atoms with E-state index < -0.39 is 23.1 Å². The summed E-state index contributed by atoms with van der Waals surface area (Å²) in [6, 6.07) is 28.7. The zero-order valence-electron chi connectivity index (χ0n) is 37.3. The highest BCUT2D eigenvalue weighted by Crippen LogP contribution is 2.27. The fourth-order valence-corrected chi connectivity index (χ4v) is 6.55. The molecule has 61 heavy (non-hydrogen) atoms. The average Bonchev–Trinajstić information content (AvgIpc) is 3.21. The van der Waals surface area contributed by atoms with Crippen LogP contribution in [0.1, 0.15) is 182 Å². The van der Waals surface area contributed by atoms with Gasteiger partial charge >= 0.3 is 0 Å². The zero-order valence-corrected chi connectivity index (χ0v) is 37.3. The van der Waals surface area contributed by atoms with Gasteiger partial charge in [-0.05, 0) is 43.9 Å². The predicted molar refractivity (Wildman–Crippen MR) is 237 cm³/mol. The summed E-state index contributed by atoms with van der Waals surface area (Å²) in [5.74, 6) is -3.06. The van der Waals surface area contributed by atoms with Gasteiger partial charge in [0.05, 0.1) is 6.42 Å². The Bertz CT molecular complexity index is 2260. The van der Waals surface area contributed by atoms with Crippen molar-refractivity contribution in [3.63, 3.8) is 0 Å². The van der Waals surface area contributed by atoms with E-state index in [2.05, 4.69) is 113 Å². The number of hydrogen-bond acceptors (Lipinski definition) is 10. The summed E-state index contributed by atoms with van der Waals surface area (Å²) in [6.07, 6.45) is -0.260. The van der Waals surface area contributed by atoms with Crippen molar-refractivity contribution in [2.45, 2.75) is 111 Å². The third-order valence-electron chi connectivity index (χ3n) is 10.5. The Balaban J connectivity index is 1.45. The summed E-state index contributed by atoms with van der Waals surface area (Å²) in [5, 5.41) is 0. The predicted octanol–water partition coefficient (Wildman–Crippen LogP) is 9.76. The van der Waals surface area contributed by atoms with Gasteiger partial charge < -0.3 is 0 Å². The first-order valence-corrected chi connectivity index (χ1v) is 20.5. The molecule has 2 aromatic heterocycles. The third-order valence-corrected chi connectivity index (χ3v) is 10.5. The number of carbonyl (C=O) groups is 4. The molecular formula is C51H54N6O4. The Labute approximate surface area is 358 Å². The molecule has 0 fully saturated rings.